The quantitative estimate of drug-likeness (QED) is 0.269. The van der Waals surface area contributed by atoms with Gasteiger partial charge in [0.25, 0.3) is 0 Å². The molecule has 0 spiro atoms. The summed E-state index contributed by atoms with van der Waals surface area (Å²) in [6.07, 6.45) is 2.98. The number of nitrogens with zero attached hydrogens (tertiary/aromatic N) is 1. The van der Waals surface area contributed by atoms with Crippen LogP contribution in [0, 0.1) is 0 Å². The van der Waals surface area contributed by atoms with Crippen LogP contribution in [-0.4, -0.2) is 30.2 Å². The number of aliphatic imine (C=N–C) groups is 1. The second kappa shape index (κ2) is 7.97. The average molecular weight is 350 g/mol. The molecule has 2 rings (SSSR count). The van der Waals surface area contributed by atoms with Crippen LogP contribution in [0.5, 0.6) is 0 Å². The van der Waals surface area contributed by atoms with Crippen LogP contribution in [0.1, 0.15) is 36.5 Å². The number of amidine groups is 1. The Labute approximate surface area is 145 Å². The predicted octanol–water partition coefficient (Wildman–Crippen LogP) is 2.21. The van der Waals surface area contributed by atoms with Crippen molar-refractivity contribution in [1.82, 2.24) is 0 Å². The van der Waals surface area contributed by atoms with Crippen molar-refractivity contribution in [1.29, 1.82) is 0 Å². The molecule has 128 valence electrons. The number of nitrogens with two attached hydrogens (primary N) is 2. The Hall–Kier alpha value is -2.34. The topological polar surface area (TPSA) is 108 Å². The van der Waals surface area contributed by atoms with Gasteiger partial charge in [-0.1, -0.05) is 23.7 Å². The first-order valence-electron chi connectivity index (χ1n) is 7.65. The molecule has 1 saturated carbocycles. The number of ether oxygens (including phenoxy) is 1. The van der Waals surface area contributed by atoms with Gasteiger partial charge in [0.05, 0.1) is 11.1 Å². The van der Waals surface area contributed by atoms with Gasteiger partial charge in [0.15, 0.2) is 6.61 Å². The van der Waals surface area contributed by atoms with Crippen molar-refractivity contribution in [3.63, 3.8) is 0 Å². The summed E-state index contributed by atoms with van der Waals surface area (Å²) in [5.41, 5.74) is 12.1. The third kappa shape index (κ3) is 4.35. The fourth-order valence-corrected chi connectivity index (χ4v) is 2.45. The molecule has 0 atom stereocenters. The van der Waals surface area contributed by atoms with Gasteiger partial charge < -0.3 is 16.2 Å². The van der Waals surface area contributed by atoms with Gasteiger partial charge >= 0.3 is 5.97 Å². The normalized spacial score (nSPS) is 16.2. The number of hydrogen-bond acceptors (Lipinski definition) is 5. The minimum absolute atomic E-state index is 0.00820. The van der Waals surface area contributed by atoms with Crippen molar-refractivity contribution in [3.8, 4) is 0 Å². The van der Waals surface area contributed by atoms with Crippen molar-refractivity contribution < 1.29 is 14.3 Å². The number of ketones is 1. The fourth-order valence-electron chi connectivity index (χ4n) is 2.21. The fraction of sp³-hybridized carbons (Fsp3) is 0.353. The maximum Gasteiger partial charge on any atom is 0.344 e. The SMILES string of the molecule is CC(N)=C(C(=O)OCC(=O)c1ccccc1Cl)C(N)=NC1CCC1. The molecule has 1 aromatic carbocycles. The van der Waals surface area contributed by atoms with Crippen LogP contribution in [0.25, 0.3) is 0 Å². The molecule has 0 aliphatic heterocycles. The molecule has 1 aromatic rings. The third-order valence-corrected chi connectivity index (χ3v) is 4.09. The second-order valence-electron chi connectivity index (χ2n) is 5.64. The molecule has 24 heavy (non-hydrogen) atoms. The maximum atomic E-state index is 12.2. The van der Waals surface area contributed by atoms with Crippen molar-refractivity contribution in [2.75, 3.05) is 6.61 Å². The van der Waals surface area contributed by atoms with Crippen LogP contribution in [0.15, 0.2) is 40.5 Å². The summed E-state index contributed by atoms with van der Waals surface area (Å²) in [5, 5.41) is 0.301. The Morgan fingerprint density at radius 1 is 1.29 bits per heavy atom. The molecule has 0 saturated heterocycles. The summed E-state index contributed by atoms with van der Waals surface area (Å²) in [5.74, 6) is -1.12. The smallest absolute Gasteiger partial charge is 0.344 e. The van der Waals surface area contributed by atoms with E-state index in [4.69, 9.17) is 27.8 Å². The minimum Gasteiger partial charge on any atom is -0.454 e. The van der Waals surface area contributed by atoms with Crippen molar-refractivity contribution in [3.05, 3.63) is 46.1 Å². The summed E-state index contributed by atoms with van der Waals surface area (Å²) in [6.45, 7) is 1.09. The molecular formula is C17H20ClN3O3. The van der Waals surface area contributed by atoms with E-state index in [1.54, 1.807) is 24.3 Å². The highest BCUT2D eigenvalue weighted by molar-refractivity contribution is 6.34. The van der Waals surface area contributed by atoms with E-state index >= 15 is 0 Å². The van der Waals surface area contributed by atoms with E-state index in [0.29, 0.717) is 5.02 Å². The lowest BCUT2D eigenvalue weighted by atomic mass is 9.94. The molecule has 1 aliphatic rings. The van der Waals surface area contributed by atoms with Gasteiger partial charge in [0, 0.05) is 11.3 Å². The predicted molar refractivity (Wildman–Crippen MR) is 92.9 cm³/mol. The zero-order chi connectivity index (χ0) is 17.7. The van der Waals surface area contributed by atoms with E-state index in [9.17, 15) is 9.59 Å². The van der Waals surface area contributed by atoms with Crippen molar-refractivity contribution in [2.24, 2.45) is 16.5 Å². The summed E-state index contributed by atoms with van der Waals surface area (Å²) >= 11 is 5.95. The van der Waals surface area contributed by atoms with Gasteiger partial charge in [-0.05, 0) is 38.3 Å². The number of carbonyl (C=O) groups excluding carboxylic acids is 2. The molecule has 0 radical (unpaired) electrons. The molecule has 0 amide bonds. The third-order valence-electron chi connectivity index (χ3n) is 3.76. The van der Waals surface area contributed by atoms with E-state index in [1.807, 2.05) is 0 Å². The molecule has 4 N–H and O–H groups in total. The summed E-state index contributed by atoms with van der Waals surface area (Å²) < 4.78 is 5.05. The Morgan fingerprint density at radius 2 is 1.96 bits per heavy atom. The molecule has 6 nitrogen and oxygen atoms in total. The zero-order valence-corrected chi connectivity index (χ0v) is 14.2. The first-order valence-corrected chi connectivity index (χ1v) is 8.02. The van der Waals surface area contributed by atoms with Gasteiger partial charge in [-0.25, -0.2) is 4.79 Å². The molecule has 0 heterocycles. The van der Waals surface area contributed by atoms with Crippen LogP contribution in [0.3, 0.4) is 0 Å². The Kier molecular flexibility index (Phi) is 5.98. The number of hydrogen-bond donors (Lipinski definition) is 2. The molecule has 0 aromatic heterocycles. The summed E-state index contributed by atoms with van der Waals surface area (Å²) in [7, 11) is 0. The number of carbonyl (C=O) groups is 2. The lowest BCUT2D eigenvalue weighted by molar-refractivity contribution is -0.137. The van der Waals surface area contributed by atoms with E-state index in [-0.39, 0.29) is 28.7 Å². The first kappa shape index (κ1) is 18.0. The molecule has 1 aliphatic carbocycles. The van der Waals surface area contributed by atoms with Gasteiger partial charge in [-0.15, -0.1) is 0 Å². The Balaban J connectivity index is 2.04. The van der Waals surface area contributed by atoms with Crippen molar-refractivity contribution >= 4 is 29.2 Å². The molecule has 1 fully saturated rings. The van der Waals surface area contributed by atoms with Crippen molar-refractivity contribution in [2.45, 2.75) is 32.2 Å². The monoisotopic (exact) mass is 349 g/mol. The van der Waals surface area contributed by atoms with Crippen LogP contribution in [0.2, 0.25) is 5.02 Å². The average Bonchev–Trinajstić information content (AvgIpc) is 2.49. The van der Waals surface area contributed by atoms with Gasteiger partial charge in [0.2, 0.25) is 5.78 Å². The highest BCUT2D eigenvalue weighted by atomic mass is 35.5. The van der Waals surface area contributed by atoms with E-state index < -0.39 is 18.4 Å². The second-order valence-corrected chi connectivity index (χ2v) is 6.04. The standard InChI is InChI=1S/C17H20ClN3O3/c1-10(19)15(16(20)21-11-5-4-6-11)17(23)24-9-14(22)12-7-2-3-8-13(12)18/h2-3,7-8,11H,4-6,9,19H2,1H3,(H2,20,21). The minimum atomic E-state index is -0.768. The number of benzene rings is 1. The number of allylic oxidation sites excluding steroid dienone is 1. The number of rotatable bonds is 6. The van der Waals surface area contributed by atoms with Crippen LogP contribution >= 0.6 is 11.6 Å². The van der Waals surface area contributed by atoms with E-state index in [1.165, 1.54) is 6.92 Å². The highest BCUT2D eigenvalue weighted by Gasteiger charge is 2.23. The number of halogens is 1. The Morgan fingerprint density at radius 3 is 2.50 bits per heavy atom. The highest BCUT2D eigenvalue weighted by Crippen LogP contribution is 2.22. The number of Topliss-reactive ketones (excluding diaryl/α,β-unsaturated/α-hetero) is 1. The molecular weight excluding hydrogens is 330 g/mol. The lowest BCUT2D eigenvalue weighted by Gasteiger charge is -2.22. The van der Waals surface area contributed by atoms with Gasteiger partial charge in [-0.2, -0.15) is 0 Å². The largest absolute Gasteiger partial charge is 0.454 e. The number of esters is 1. The molecule has 0 unspecified atom stereocenters. The Bertz CT molecular complexity index is 705. The molecule has 7 heteroatoms. The van der Waals surface area contributed by atoms with Gasteiger partial charge in [-0.3, -0.25) is 9.79 Å². The molecule has 0 bridgehead atoms. The zero-order valence-electron chi connectivity index (χ0n) is 13.4. The van der Waals surface area contributed by atoms with Crippen LogP contribution in [0.4, 0.5) is 0 Å². The van der Waals surface area contributed by atoms with Gasteiger partial charge in [0.1, 0.15) is 11.4 Å². The summed E-state index contributed by atoms with van der Waals surface area (Å²) in [6, 6.07) is 6.67. The van der Waals surface area contributed by atoms with E-state index in [2.05, 4.69) is 4.99 Å². The van der Waals surface area contributed by atoms with E-state index in [0.717, 1.165) is 19.3 Å². The van der Waals surface area contributed by atoms with Crippen LogP contribution < -0.4 is 11.5 Å². The first-order chi connectivity index (χ1) is 11.4. The maximum absolute atomic E-state index is 12.2. The summed E-state index contributed by atoms with van der Waals surface area (Å²) in [4.78, 5) is 28.6. The van der Waals surface area contributed by atoms with Crippen LogP contribution in [-0.2, 0) is 9.53 Å². The lowest BCUT2D eigenvalue weighted by Crippen LogP contribution is -2.30.